The van der Waals surface area contributed by atoms with E-state index in [-0.39, 0.29) is 0 Å². The molecule has 0 aromatic carbocycles. The SMILES string of the molecule is CSCC[C@H](NC(=O)NCCn1ccnc1)C(=O)O. The van der Waals surface area contributed by atoms with E-state index in [1.54, 1.807) is 30.5 Å². The molecule has 0 unspecified atom stereocenters. The molecule has 19 heavy (non-hydrogen) atoms. The first kappa shape index (κ1) is 15.4. The quantitative estimate of drug-likeness (QED) is 0.642. The highest BCUT2D eigenvalue weighted by atomic mass is 32.2. The van der Waals surface area contributed by atoms with E-state index < -0.39 is 18.0 Å². The Balaban J connectivity index is 2.25. The molecule has 0 fully saturated rings. The average molecular weight is 286 g/mol. The number of aromatic nitrogens is 2. The average Bonchev–Trinajstić information content (AvgIpc) is 2.87. The van der Waals surface area contributed by atoms with Gasteiger partial charge in [0.15, 0.2) is 0 Å². The minimum atomic E-state index is -1.01. The van der Waals surface area contributed by atoms with Gasteiger partial charge in [0.2, 0.25) is 0 Å². The predicted molar refractivity (Wildman–Crippen MR) is 73.2 cm³/mol. The fraction of sp³-hybridized carbons (Fsp3) is 0.545. The second-order valence-corrected chi connectivity index (χ2v) is 4.86. The Hall–Kier alpha value is -1.70. The number of carboxylic acid groups (broad SMARTS) is 1. The van der Waals surface area contributed by atoms with Gasteiger partial charge < -0.3 is 20.3 Å². The van der Waals surface area contributed by atoms with Gasteiger partial charge in [-0.25, -0.2) is 14.6 Å². The molecule has 1 heterocycles. The first-order valence-electron chi connectivity index (χ1n) is 5.85. The highest BCUT2D eigenvalue weighted by Crippen LogP contribution is 2.00. The number of aliphatic carboxylic acids is 1. The van der Waals surface area contributed by atoms with Crippen LogP contribution in [-0.2, 0) is 11.3 Å². The third-order valence-electron chi connectivity index (χ3n) is 2.43. The van der Waals surface area contributed by atoms with Crippen LogP contribution in [-0.4, -0.2) is 51.3 Å². The molecule has 3 N–H and O–H groups in total. The lowest BCUT2D eigenvalue weighted by Gasteiger charge is -2.14. The van der Waals surface area contributed by atoms with Crippen molar-refractivity contribution in [3.8, 4) is 0 Å². The maximum Gasteiger partial charge on any atom is 0.326 e. The molecule has 2 amide bonds. The second kappa shape index (κ2) is 8.41. The lowest BCUT2D eigenvalue weighted by atomic mass is 10.2. The standard InChI is InChI=1S/C11H18N4O3S/c1-19-7-2-9(10(16)17)14-11(18)13-4-6-15-5-3-12-8-15/h3,5,8-9H,2,4,6-7H2,1H3,(H,16,17)(H2,13,14,18)/t9-/m0/s1. The van der Waals surface area contributed by atoms with E-state index in [4.69, 9.17) is 5.11 Å². The number of thioether (sulfide) groups is 1. The zero-order chi connectivity index (χ0) is 14.1. The van der Waals surface area contributed by atoms with E-state index in [1.807, 2.05) is 10.8 Å². The highest BCUT2D eigenvalue weighted by Gasteiger charge is 2.18. The van der Waals surface area contributed by atoms with Crippen molar-refractivity contribution in [3.05, 3.63) is 18.7 Å². The molecule has 0 saturated heterocycles. The van der Waals surface area contributed by atoms with Gasteiger partial charge in [-0.05, 0) is 18.4 Å². The van der Waals surface area contributed by atoms with Gasteiger partial charge in [0.25, 0.3) is 0 Å². The maximum atomic E-state index is 11.5. The number of rotatable bonds is 8. The van der Waals surface area contributed by atoms with Crippen LogP contribution in [0.25, 0.3) is 0 Å². The number of carboxylic acids is 1. The molecule has 8 heteroatoms. The van der Waals surface area contributed by atoms with Crippen molar-refractivity contribution in [1.29, 1.82) is 0 Å². The number of hydrogen-bond acceptors (Lipinski definition) is 4. The Morgan fingerprint density at radius 1 is 1.53 bits per heavy atom. The molecule has 1 rings (SSSR count). The summed E-state index contributed by atoms with van der Waals surface area (Å²) >= 11 is 1.55. The molecule has 1 aromatic heterocycles. The Bertz CT molecular complexity index is 397. The number of amides is 2. The van der Waals surface area contributed by atoms with Crippen LogP contribution in [0.3, 0.4) is 0 Å². The summed E-state index contributed by atoms with van der Waals surface area (Å²) in [6.07, 6.45) is 7.40. The van der Waals surface area contributed by atoms with Crippen LogP contribution >= 0.6 is 11.8 Å². The molecule has 0 aliphatic carbocycles. The zero-order valence-corrected chi connectivity index (χ0v) is 11.5. The second-order valence-electron chi connectivity index (χ2n) is 3.87. The van der Waals surface area contributed by atoms with E-state index in [0.29, 0.717) is 25.3 Å². The van der Waals surface area contributed by atoms with Crippen molar-refractivity contribution < 1.29 is 14.7 Å². The number of carbonyl (C=O) groups is 2. The summed E-state index contributed by atoms with van der Waals surface area (Å²) in [5, 5.41) is 14.0. The van der Waals surface area contributed by atoms with Crippen molar-refractivity contribution in [2.45, 2.75) is 19.0 Å². The van der Waals surface area contributed by atoms with Gasteiger partial charge in [0, 0.05) is 25.5 Å². The van der Waals surface area contributed by atoms with E-state index >= 15 is 0 Å². The molecule has 7 nitrogen and oxygen atoms in total. The summed E-state index contributed by atoms with van der Waals surface area (Å²) in [6, 6.07) is -1.31. The van der Waals surface area contributed by atoms with Crippen LogP contribution in [0.15, 0.2) is 18.7 Å². The smallest absolute Gasteiger partial charge is 0.326 e. The molecule has 0 saturated carbocycles. The van der Waals surface area contributed by atoms with Crippen LogP contribution in [0.5, 0.6) is 0 Å². The summed E-state index contributed by atoms with van der Waals surface area (Å²) in [5.74, 6) is -0.328. The van der Waals surface area contributed by atoms with Crippen LogP contribution in [0.4, 0.5) is 4.79 Å². The molecule has 0 bridgehead atoms. The molecule has 0 spiro atoms. The van der Waals surface area contributed by atoms with Crippen LogP contribution < -0.4 is 10.6 Å². The maximum absolute atomic E-state index is 11.5. The fourth-order valence-electron chi connectivity index (χ4n) is 1.42. The van der Waals surface area contributed by atoms with Crippen molar-refractivity contribution >= 4 is 23.8 Å². The minimum Gasteiger partial charge on any atom is -0.480 e. The predicted octanol–water partition coefficient (Wildman–Crippen LogP) is 0.389. The number of urea groups is 1. The topological polar surface area (TPSA) is 96.3 Å². The largest absolute Gasteiger partial charge is 0.480 e. The van der Waals surface area contributed by atoms with Gasteiger partial charge in [-0.3, -0.25) is 0 Å². The number of hydrogen-bond donors (Lipinski definition) is 3. The lowest BCUT2D eigenvalue weighted by molar-refractivity contribution is -0.139. The molecular weight excluding hydrogens is 268 g/mol. The van der Waals surface area contributed by atoms with Gasteiger partial charge >= 0.3 is 12.0 Å². The van der Waals surface area contributed by atoms with Crippen molar-refractivity contribution in [3.63, 3.8) is 0 Å². The van der Waals surface area contributed by atoms with E-state index in [1.165, 1.54) is 0 Å². The van der Waals surface area contributed by atoms with E-state index in [9.17, 15) is 9.59 Å². The molecular formula is C11H18N4O3S. The van der Waals surface area contributed by atoms with E-state index in [0.717, 1.165) is 0 Å². The molecule has 0 radical (unpaired) electrons. The first-order valence-corrected chi connectivity index (χ1v) is 7.24. The monoisotopic (exact) mass is 286 g/mol. The summed E-state index contributed by atoms with van der Waals surface area (Å²) in [7, 11) is 0. The number of imidazole rings is 1. The first-order chi connectivity index (χ1) is 9.13. The number of carbonyl (C=O) groups excluding carboxylic acids is 1. The third kappa shape index (κ3) is 6.14. The normalized spacial score (nSPS) is 11.8. The Kier molecular flexibility index (Phi) is 6.80. The summed E-state index contributed by atoms with van der Waals surface area (Å²) < 4.78 is 1.82. The molecule has 1 aromatic rings. The zero-order valence-electron chi connectivity index (χ0n) is 10.7. The third-order valence-corrected chi connectivity index (χ3v) is 3.07. The van der Waals surface area contributed by atoms with Crippen molar-refractivity contribution in [2.24, 2.45) is 0 Å². The van der Waals surface area contributed by atoms with Crippen LogP contribution in [0.2, 0.25) is 0 Å². The van der Waals surface area contributed by atoms with Crippen LogP contribution in [0.1, 0.15) is 6.42 Å². The van der Waals surface area contributed by atoms with Gasteiger partial charge in [-0.1, -0.05) is 0 Å². The molecule has 106 valence electrons. The van der Waals surface area contributed by atoms with Gasteiger partial charge in [0.1, 0.15) is 6.04 Å². The molecule has 0 aliphatic heterocycles. The molecule has 0 aliphatic rings. The van der Waals surface area contributed by atoms with Crippen molar-refractivity contribution in [1.82, 2.24) is 20.2 Å². The summed E-state index contributed by atoms with van der Waals surface area (Å²) in [5.41, 5.74) is 0. The van der Waals surface area contributed by atoms with E-state index in [2.05, 4.69) is 15.6 Å². The fourth-order valence-corrected chi connectivity index (χ4v) is 1.89. The minimum absolute atomic E-state index is 0.408. The van der Waals surface area contributed by atoms with Crippen LogP contribution in [0, 0.1) is 0 Å². The Labute approximate surface area is 115 Å². The summed E-state index contributed by atoms with van der Waals surface area (Å²) in [4.78, 5) is 26.3. The van der Waals surface area contributed by atoms with Crippen molar-refractivity contribution in [2.75, 3.05) is 18.6 Å². The van der Waals surface area contributed by atoms with Gasteiger partial charge in [-0.15, -0.1) is 0 Å². The Morgan fingerprint density at radius 2 is 2.32 bits per heavy atom. The number of nitrogens with one attached hydrogen (secondary N) is 2. The number of nitrogens with zero attached hydrogens (tertiary/aromatic N) is 2. The molecule has 1 atom stereocenters. The Morgan fingerprint density at radius 3 is 2.89 bits per heavy atom. The van der Waals surface area contributed by atoms with Gasteiger partial charge in [0.05, 0.1) is 6.33 Å². The highest BCUT2D eigenvalue weighted by molar-refractivity contribution is 7.98. The summed E-state index contributed by atoms with van der Waals surface area (Å²) in [6.45, 7) is 1.01. The lowest BCUT2D eigenvalue weighted by Crippen LogP contribution is -2.46. The van der Waals surface area contributed by atoms with Gasteiger partial charge in [-0.2, -0.15) is 11.8 Å².